The summed E-state index contributed by atoms with van der Waals surface area (Å²) in [6.07, 6.45) is 8.51. The predicted molar refractivity (Wildman–Crippen MR) is 83.9 cm³/mol. The second kappa shape index (κ2) is 7.83. The maximum atomic E-state index is 2.60. The molecule has 0 N–H and O–H groups in total. The summed E-state index contributed by atoms with van der Waals surface area (Å²) in [6.45, 7) is 2.30. The molecule has 0 spiro atoms. The standard InChI is InChI=1S/C12H19S.3CH3.Sn/c1-2-3-4-5-6-7-8-12-9-10-13-11-12;;;;/h7,9-11H,2-6,8H2,1H3;3*1H3;. The van der Waals surface area contributed by atoms with E-state index >= 15 is 0 Å². The van der Waals surface area contributed by atoms with Gasteiger partial charge in [0.15, 0.2) is 0 Å². The maximum absolute atomic E-state index is 2.60. The summed E-state index contributed by atoms with van der Waals surface area (Å²) in [4.78, 5) is 7.81. The van der Waals surface area contributed by atoms with Crippen molar-refractivity contribution in [3.8, 4) is 0 Å². The van der Waals surface area contributed by atoms with E-state index in [-0.39, 0.29) is 0 Å². The van der Waals surface area contributed by atoms with Crippen LogP contribution in [-0.2, 0) is 6.42 Å². The van der Waals surface area contributed by atoms with Crippen molar-refractivity contribution in [2.75, 3.05) is 0 Å². The molecule has 0 radical (unpaired) electrons. The van der Waals surface area contributed by atoms with E-state index in [1.165, 1.54) is 38.5 Å². The summed E-state index contributed by atoms with van der Waals surface area (Å²) < 4.78 is 1.04. The SMILES string of the molecule is CCCCCC[CH](Cc1ccsc1)[Sn]([CH3])([CH3])[CH3]. The summed E-state index contributed by atoms with van der Waals surface area (Å²) in [5.41, 5.74) is 1.59. The average molecular weight is 359 g/mol. The van der Waals surface area contributed by atoms with E-state index in [0.717, 1.165) is 3.93 Å². The van der Waals surface area contributed by atoms with Gasteiger partial charge >= 0.3 is 116 Å². The van der Waals surface area contributed by atoms with Gasteiger partial charge in [0.25, 0.3) is 0 Å². The Kier molecular flexibility index (Phi) is 7.16. The molecule has 0 aromatic carbocycles. The molecule has 0 bridgehead atoms. The van der Waals surface area contributed by atoms with E-state index in [0.29, 0.717) is 0 Å². The molecule has 1 aromatic rings. The first-order valence-corrected chi connectivity index (χ1v) is 18.2. The predicted octanol–water partition coefficient (Wildman–Crippen LogP) is 5.97. The van der Waals surface area contributed by atoms with Crippen molar-refractivity contribution in [3.05, 3.63) is 22.4 Å². The van der Waals surface area contributed by atoms with Gasteiger partial charge in [-0.2, -0.15) is 0 Å². The van der Waals surface area contributed by atoms with Crippen LogP contribution in [0.1, 0.15) is 44.6 Å². The van der Waals surface area contributed by atoms with Gasteiger partial charge in [0.1, 0.15) is 0 Å². The van der Waals surface area contributed by atoms with Gasteiger partial charge in [-0.25, -0.2) is 0 Å². The Hall–Kier alpha value is 0.499. The van der Waals surface area contributed by atoms with E-state index in [1.54, 1.807) is 5.56 Å². The number of hydrogen-bond donors (Lipinski definition) is 0. The molecule has 0 aliphatic rings. The van der Waals surface area contributed by atoms with Gasteiger partial charge in [0.2, 0.25) is 0 Å². The first-order valence-electron chi connectivity index (χ1n) is 7.05. The zero-order chi connectivity index (χ0) is 12.7. The van der Waals surface area contributed by atoms with Crippen LogP contribution >= 0.6 is 11.3 Å². The molecule has 98 valence electrons. The fraction of sp³-hybridized carbons (Fsp3) is 0.733. The van der Waals surface area contributed by atoms with Crippen LogP contribution in [0, 0.1) is 0 Å². The van der Waals surface area contributed by atoms with Crippen molar-refractivity contribution in [2.24, 2.45) is 0 Å². The first kappa shape index (κ1) is 15.6. The molecule has 0 aliphatic carbocycles. The summed E-state index contributed by atoms with van der Waals surface area (Å²) in [5, 5.41) is 4.57. The fourth-order valence-corrected chi connectivity index (χ4v) is 8.51. The van der Waals surface area contributed by atoms with Crippen LogP contribution in [0.3, 0.4) is 0 Å². The molecule has 0 saturated heterocycles. The van der Waals surface area contributed by atoms with Gasteiger partial charge in [0, 0.05) is 0 Å². The van der Waals surface area contributed by atoms with Gasteiger partial charge in [0.05, 0.1) is 0 Å². The normalized spacial score (nSPS) is 13.9. The summed E-state index contributed by atoms with van der Waals surface area (Å²) in [6, 6.07) is 2.32. The molecule has 0 aliphatic heterocycles. The fourth-order valence-electron chi connectivity index (χ4n) is 2.35. The second-order valence-electron chi connectivity index (χ2n) is 6.25. The monoisotopic (exact) mass is 360 g/mol. The average Bonchev–Trinajstić information content (AvgIpc) is 2.73. The van der Waals surface area contributed by atoms with Crippen molar-refractivity contribution in [1.82, 2.24) is 0 Å². The van der Waals surface area contributed by atoms with Crippen molar-refractivity contribution < 1.29 is 0 Å². The van der Waals surface area contributed by atoms with Crippen molar-refractivity contribution in [1.29, 1.82) is 0 Å². The third kappa shape index (κ3) is 6.28. The minimum atomic E-state index is -1.73. The summed E-state index contributed by atoms with van der Waals surface area (Å²) in [5.74, 6) is 0. The van der Waals surface area contributed by atoms with Crippen molar-refractivity contribution in [2.45, 2.75) is 64.2 Å². The van der Waals surface area contributed by atoms with Crippen LogP contribution in [-0.4, -0.2) is 18.4 Å². The second-order valence-corrected chi connectivity index (χ2v) is 22.9. The van der Waals surface area contributed by atoms with Crippen LogP contribution in [0.15, 0.2) is 16.8 Å². The Balaban J connectivity index is 2.44. The molecule has 1 aromatic heterocycles. The van der Waals surface area contributed by atoms with Gasteiger partial charge in [-0.15, -0.1) is 0 Å². The van der Waals surface area contributed by atoms with E-state index in [2.05, 4.69) is 38.6 Å². The quantitative estimate of drug-likeness (QED) is 0.396. The van der Waals surface area contributed by atoms with Gasteiger partial charge < -0.3 is 0 Å². The van der Waals surface area contributed by atoms with Crippen molar-refractivity contribution >= 4 is 29.7 Å². The van der Waals surface area contributed by atoms with Gasteiger partial charge in [-0.1, -0.05) is 0 Å². The van der Waals surface area contributed by atoms with Crippen molar-refractivity contribution in [3.63, 3.8) is 0 Å². The summed E-state index contributed by atoms with van der Waals surface area (Å²) >= 11 is 0.113. The molecular weight excluding hydrogens is 331 g/mol. The Morgan fingerprint density at radius 2 is 1.94 bits per heavy atom. The molecule has 17 heavy (non-hydrogen) atoms. The molecule has 1 heterocycles. The third-order valence-corrected chi connectivity index (χ3v) is 12.8. The van der Waals surface area contributed by atoms with Crippen LogP contribution in [0.4, 0.5) is 0 Å². The molecule has 1 atom stereocenters. The molecule has 0 fully saturated rings. The molecule has 1 unspecified atom stereocenters. The Bertz CT molecular complexity index is 284. The van der Waals surface area contributed by atoms with Crippen LogP contribution in [0.5, 0.6) is 0 Å². The van der Waals surface area contributed by atoms with E-state index in [9.17, 15) is 0 Å². The number of hydrogen-bond acceptors (Lipinski definition) is 1. The number of unbranched alkanes of at least 4 members (excludes halogenated alkanes) is 3. The Labute approximate surface area is 116 Å². The van der Waals surface area contributed by atoms with E-state index in [1.807, 2.05) is 11.3 Å². The van der Waals surface area contributed by atoms with Gasteiger partial charge in [-0.3, -0.25) is 0 Å². The van der Waals surface area contributed by atoms with Crippen LogP contribution in [0.25, 0.3) is 0 Å². The molecule has 1 rings (SSSR count). The molecular formula is C15H28SSn. The zero-order valence-electron chi connectivity index (χ0n) is 12.0. The number of rotatable bonds is 8. The minimum absolute atomic E-state index is 1.04. The van der Waals surface area contributed by atoms with Crippen LogP contribution < -0.4 is 0 Å². The molecule has 0 nitrogen and oxygen atoms in total. The molecule has 0 amide bonds. The summed E-state index contributed by atoms with van der Waals surface area (Å²) in [7, 11) is 0. The molecule has 2 heteroatoms. The van der Waals surface area contributed by atoms with Crippen LogP contribution in [0.2, 0.25) is 18.8 Å². The first-order chi connectivity index (χ1) is 8.04. The van der Waals surface area contributed by atoms with E-state index < -0.39 is 18.4 Å². The Morgan fingerprint density at radius 3 is 2.47 bits per heavy atom. The topological polar surface area (TPSA) is 0 Å². The number of thiophene rings is 1. The third-order valence-electron chi connectivity index (χ3n) is 3.69. The van der Waals surface area contributed by atoms with Gasteiger partial charge in [-0.05, 0) is 0 Å². The van der Waals surface area contributed by atoms with E-state index in [4.69, 9.17) is 0 Å². The Morgan fingerprint density at radius 1 is 1.18 bits per heavy atom. The molecule has 0 saturated carbocycles. The zero-order valence-corrected chi connectivity index (χ0v) is 15.6.